The number of hydrogen-bond acceptors (Lipinski definition) is 7. The molecule has 1 amide bonds. The Balaban J connectivity index is 1.49. The molecule has 226 valence electrons. The topological polar surface area (TPSA) is 102 Å². The van der Waals surface area contributed by atoms with Gasteiger partial charge in [0.2, 0.25) is 40.7 Å². The van der Waals surface area contributed by atoms with E-state index in [1.165, 1.54) is 12.1 Å². The molecule has 0 saturated carbocycles. The highest BCUT2D eigenvalue weighted by molar-refractivity contribution is 8.03. The minimum Gasteiger partial charge on any atom is -0.476 e. The fourth-order valence-corrected chi connectivity index (χ4v) is 7.01. The molecular weight excluding hydrogens is 605 g/mol. The molecule has 0 radical (unpaired) electrons. The first-order valence-electron chi connectivity index (χ1n) is 12.5. The van der Waals surface area contributed by atoms with Crippen molar-refractivity contribution in [3.63, 3.8) is 0 Å². The van der Waals surface area contributed by atoms with Gasteiger partial charge in [0.1, 0.15) is 11.1 Å². The monoisotopic (exact) mass is 631 g/mol. The summed E-state index contributed by atoms with van der Waals surface area (Å²) >= 11 is 1.03. The Morgan fingerprint density at radius 3 is 2.00 bits per heavy atom. The van der Waals surface area contributed by atoms with Crippen LogP contribution in [0.5, 0.6) is 11.5 Å². The fraction of sp³-hybridized carbons (Fsp3) is 0.370. The van der Waals surface area contributed by atoms with Crippen LogP contribution in [-0.2, 0) is 14.0 Å². The Bertz CT molecular complexity index is 1480. The number of β-lactam (4-membered cyclic amide) rings is 1. The van der Waals surface area contributed by atoms with Crippen LogP contribution in [0.25, 0.3) is 0 Å². The lowest BCUT2D eigenvalue weighted by Crippen LogP contribution is -2.62. The van der Waals surface area contributed by atoms with E-state index in [-0.39, 0.29) is 27.1 Å². The lowest BCUT2D eigenvalue weighted by atomic mass is 9.92. The summed E-state index contributed by atoms with van der Waals surface area (Å²) in [6, 6.07) is 4.53. The minimum atomic E-state index is -2.40. The second-order valence-electron chi connectivity index (χ2n) is 11.2. The third-order valence-corrected chi connectivity index (χ3v) is 13.2. The normalized spacial score (nSPS) is 19.4. The number of carbonyl (C=O) groups is 3. The van der Waals surface area contributed by atoms with Gasteiger partial charge in [-0.15, -0.1) is 0 Å². The predicted molar refractivity (Wildman–Crippen MR) is 142 cm³/mol. The summed E-state index contributed by atoms with van der Waals surface area (Å²) in [5.74, 6) is -17.2. The maximum absolute atomic E-state index is 13.9. The molecule has 4 rings (SSSR count). The molecule has 2 aliphatic rings. The average Bonchev–Trinajstić information content (AvgIpc) is 3.22. The van der Waals surface area contributed by atoms with Crippen LogP contribution in [0.2, 0.25) is 18.1 Å². The zero-order valence-electron chi connectivity index (χ0n) is 23.2. The van der Waals surface area contributed by atoms with E-state index < -0.39 is 78.4 Å². The van der Waals surface area contributed by atoms with Crippen molar-refractivity contribution < 1.29 is 55.3 Å². The number of benzene rings is 2. The van der Waals surface area contributed by atoms with Crippen LogP contribution in [0.15, 0.2) is 35.1 Å². The van der Waals surface area contributed by atoms with E-state index in [2.05, 4.69) is 25.5 Å². The Hall–Kier alpha value is -3.43. The SMILES string of the molecule is C[C@@H](O[Si](C)(C)C(C)(C)C)[C@H]1C(=O)N2C(C(=O)O)=C(Oc3ccc(C(=O)Oc4c(F)c(F)c(F)c(F)c4F)cc3)SC12. The summed E-state index contributed by atoms with van der Waals surface area (Å²) in [4.78, 5) is 38.5. The van der Waals surface area contributed by atoms with Crippen LogP contribution in [0.1, 0.15) is 38.1 Å². The Morgan fingerprint density at radius 1 is 0.976 bits per heavy atom. The van der Waals surface area contributed by atoms with E-state index in [4.69, 9.17) is 9.16 Å². The van der Waals surface area contributed by atoms with Gasteiger partial charge in [-0.05, 0) is 49.3 Å². The van der Waals surface area contributed by atoms with Gasteiger partial charge in [0.15, 0.2) is 19.1 Å². The van der Waals surface area contributed by atoms with Crippen molar-refractivity contribution in [3.8, 4) is 11.5 Å². The van der Waals surface area contributed by atoms with Gasteiger partial charge in [0, 0.05) is 0 Å². The second-order valence-corrected chi connectivity index (χ2v) is 17.0. The van der Waals surface area contributed by atoms with E-state index >= 15 is 0 Å². The van der Waals surface area contributed by atoms with Crippen molar-refractivity contribution in [1.29, 1.82) is 0 Å². The van der Waals surface area contributed by atoms with E-state index in [1.807, 2.05) is 13.1 Å². The van der Waals surface area contributed by atoms with Crippen molar-refractivity contribution in [1.82, 2.24) is 4.90 Å². The van der Waals surface area contributed by atoms with Crippen LogP contribution in [0, 0.1) is 35.0 Å². The predicted octanol–water partition coefficient (Wildman–Crippen LogP) is 6.18. The molecule has 42 heavy (non-hydrogen) atoms. The van der Waals surface area contributed by atoms with E-state index in [1.54, 1.807) is 6.92 Å². The molecule has 8 nitrogen and oxygen atoms in total. The number of esters is 1. The zero-order chi connectivity index (χ0) is 31.5. The smallest absolute Gasteiger partial charge is 0.357 e. The summed E-state index contributed by atoms with van der Waals surface area (Å²) < 4.78 is 84.3. The average molecular weight is 632 g/mol. The van der Waals surface area contributed by atoms with E-state index in [0.717, 1.165) is 28.8 Å². The number of halogens is 5. The molecule has 2 heterocycles. The summed E-state index contributed by atoms with van der Waals surface area (Å²) in [7, 11) is -2.23. The molecule has 1 fully saturated rings. The van der Waals surface area contributed by atoms with Gasteiger partial charge in [-0.25, -0.2) is 22.8 Å². The minimum absolute atomic E-state index is 0.0288. The number of thioether (sulfide) groups is 1. The van der Waals surface area contributed by atoms with Gasteiger partial charge in [-0.2, -0.15) is 8.78 Å². The van der Waals surface area contributed by atoms with Gasteiger partial charge in [-0.3, -0.25) is 9.69 Å². The Morgan fingerprint density at radius 2 is 1.50 bits per heavy atom. The van der Waals surface area contributed by atoms with Gasteiger partial charge in [-0.1, -0.05) is 32.5 Å². The van der Waals surface area contributed by atoms with E-state index in [0.29, 0.717) is 0 Å². The number of carbonyl (C=O) groups excluding carboxylic acids is 2. The lowest BCUT2D eigenvalue weighted by molar-refractivity contribution is -0.156. The van der Waals surface area contributed by atoms with Crippen LogP contribution in [-0.4, -0.2) is 47.6 Å². The highest BCUT2D eigenvalue weighted by Crippen LogP contribution is 2.52. The molecule has 15 heteroatoms. The van der Waals surface area contributed by atoms with Gasteiger partial charge in [0.05, 0.1) is 17.6 Å². The molecule has 2 aromatic rings. The van der Waals surface area contributed by atoms with Crippen molar-refractivity contribution in [2.45, 2.75) is 57.3 Å². The molecule has 0 spiro atoms. The number of ether oxygens (including phenoxy) is 2. The van der Waals surface area contributed by atoms with Crippen molar-refractivity contribution in [2.24, 2.45) is 5.92 Å². The van der Waals surface area contributed by atoms with Crippen molar-refractivity contribution in [3.05, 3.63) is 69.7 Å². The molecule has 2 aliphatic heterocycles. The molecule has 1 saturated heterocycles. The van der Waals surface area contributed by atoms with E-state index in [9.17, 15) is 41.4 Å². The highest BCUT2D eigenvalue weighted by Gasteiger charge is 2.60. The largest absolute Gasteiger partial charge is 0.476 e. The number of aliphatic carboxylic acids is 1. The van der Waals surface area contributed by atoms with Gasteiger partial charge >= 0.3 is 11.9 Å². The molecule has 0 bridgehead atoms. The molecular formula is C27H26F5NO7SSi. The number of rotatable bonds is 8. The Labute approximate surface area is 242 Å². The van der Waals surface area contributed by atoms with Crippen molar-refractivity contribution in [2.75, 3.05) is 0 Å². The first-order chi connectivity index (χ1) is 19.4. The van der Waals surface area contributed by atoms with Crippen molar-refractivity contribution >= 4 is 37.9 Å². The number of amides is 1. The quantitative estimate of drug-likeness (QED) is 0.0702. The molecule has 1 unspecified atom stereocenters. The number of hydrogen-bond donors (Lipinski definition) is 1. The third-order valence-electron chi connectivity index (χ3n) is 7.41. The van der Waals surface area contributed by atoms with Crippen LogP contribution in [0.3, 0.4) is 0 Å². The zero-order valence-corrected chi connectivity index (χ0v) is 25.0. The molecule has 0 aliphatic carbocycles. The number of carboxylic acid groups (broad SMARTS) is 1. The Kier molecular flexibility index (Phi) is 8.25. The summed E-state index contributed by atoms with van der Waals surface area (Å²) in [5, 5.41) is 9.04. The van der Waals surface area contributed by atoms with Gasteiger partial charge in [0.25, 0.3) is 0 Å². The highest BCUT2D eigenvalue weighted by atomic mass is 32.2. The maximum Gasteiger partial charge on any atom is 0.357 e. The van der Waals surface area contributed by atoms with Gasteiger partial charge < -0.3 is 19.0 Å². The third kappa shape index (κ3) is 5.40. The molecule has 2 aromatic carbocycles. The maximum atomic E-state index is 13.9. The van der Waals surface area contributed by atoms with Crippen LogP contribution >= 0.6 is 11.8 Å². The number of nitrogens with zero attached hydrogens (tertiary/aromatic N) is 1. The molecule has 0 aromatic heterocycles. The standard InChI is InChI=1S/C27H26F5NO7SSi/c1-11(40-42(5,6)27(2,3)4)14-22(34)33-20(24(35)36)26(41-23(14)33)38-13-9-7-12(8-10-13)25(37)39-21-18(31)16(29)15(28)17(30)19(21)32/h7-11,14,23H,1-6H3,(H,35,36)/t11-,14+,23?/m1/s1. The fourth-order valence-electron chi connectivity index (χ4n) is 4.12. The first-order valence-corrected chi connectivity index (χ1v) is 16.3. The first kappa shape index (κ1) is 31.5. The second kappa shape index (κ2) is 11.0. The molecule has 3 atom stereocenters. The lowest BCUT2D eigenvalue weighted by Gasteiger charge is -2.47. The summed E-state index contributed by atoms with van der Waals surface area (Å²) in [6.07, 6.45) is -0.482. The van der Waals surface area contributed by atoms with Crippen LogP contribution < -0.4 is 9.47 Å². The number of fused-ring (bicyclic) bond motifs is 1. The molecule has 1 N–H and O–H groups in total. The summed E-state index contributed by atoms with van der Waals surface area (Å²) in [5.41, 5.74) is -0.700. The number of carboxylic acids is 1. The van der Waals surface area contributed by atoms with Crippen LogP contribution in [0.4, 0.5) is 22.0 Å². The summed E-state index contributed by atoms with van der Waals surface area (Å²) in [6.45, 7) is 12.1.